The van der Waals surface area contributed by atoms with Gasteiger partial charge in [-0.3, -0.25) is 19.2 Å². The van der Waals surface area contributed by atoms with Crippen LogP contribution in [0.1, 0.15) is 116 Å². The Morgan fingerprint density at radius 3 is 2.26 bits per heavy atom. The van der Waals surface area contributed by atoms with Gasteiger partial charge in [0.1, 0.15) is 17.2 Å². The van der Waals surface area contributed by atoms with Gasteiger partial charge in [0.15, 0.2) is 11.5 Å². The molecule has 1 saturated heterocycles. The average molecular weight is 855 g/mol. The number of carbonyl (C=O) groups excluding carboxylic acids is 5. The molecule has 3 aliphatic rings. The molecule has 2 aromatic carbocycles. The lowest BCUT2D eigenvalue weighted by atomic mass is 9.81. The maximum absolute atomic E-state index is 12.9. The van der Waals surface area contributed by atoms with E-state index in [1.165, 1.54) is 34.7 Å². The van der Waals surface area contributed by atoms with Crippen LogP contribution in [0.15, 0.2) is 89.5 Å². The van der Waals surface area contributed by atoms with Gasteiger partial charge in [-0.05, 0) is 82.4 Å². The first-order valence-corrected chi connectivity index (χ1v) is 22.4. The monoisotopic (exact) mass is 854 g/mol. The van der Waals surface area contributed by atoms with Crippen molar-refractivity contribution >= 4 is 56.7 Å². The second-order valence-electron chi connectivity index (χ2n) is 16.9. The molecule has 13 nitrogen and oxygen atoms in total. The molecule has 3 heterocycles. The lowest BCUT2D eigenvalue weighted by Crippen LogP contribution is -2.40. The molecule has 2 aromatic rings. The van der Waals surface area contributed by atoms with Crippen molar-refractivity contribution in [2.24, 2.45) is 0 Å². The van der Waals surface area contributed by atoms with E-state index in [2.05, 4.69) is 66.9 Å². The van der Waals surface area contributed by atoms with Crippen molar-refractivity contribution < 1.29 is 46.4 Å². The molecule has 0 aromatic heterocycles. The van der Waals surface area contributed by atoms with Crippen LogP contribution >= 0.6 is 0 Å². The van der Waals surface area contributed by atoms with Crippen molar-refractivity contribution in [3.63, 3.8) is 0 Å². The van der Waals surface area contributed by atoms with Crippen LogP contribution in [0.4, 0.5) is 11.4 Å². The van der Waals surface area contributed by atoms with Gasteiger partial charge >= 0.3 is 5.97 Å². The summed E-state index contributed by atoms with van der Waals surface area (Å²) in [4.78, 5) is 68.0. The fourth-order valence-electron chi connectivity index (χ4n) is 8.30. The maximum atomic E-state index is 12.9. The lowest BCUT2D eigenvalue weighted by molar-refractivity contribution is -0.401. The van der Waals surface area contributed by atoms with Gasteiger partial charge in [0.2, 0.25) is 11.6 Å². The van der Waals surface area contributed by atoms with Gasteiger partial charge in [0.05, 0.1) is 16.4 Å². The van der Waals surface area contributed by atoms with Gasteiger partial charge in [-0.25, -0.2) is 13.2 Å². The van der Waals surface area contributed by atoms with Crippen molar-refractivity contribution in [1.82, 2.24) is 10.4 Å². The zero-order valence-corrected chi connectivity index (χ0v) is 37.1. The number of unbranched alkanes of at least 4 members (excludes halogenated alkanes) is 2. The second-order valence-corrected chi connectivity index (χ2v) is 18.2. The van der Waals surface area contributed by atoms with Crippen LogP contribution in [-0.4, -0.2) is 77.4 Å². The summed E-state index contributed by atoms with van der Waals surface area (Å²) in [5.74, 6) is -2.35. The number of Topliss-reactive ketones (excluding diaryl/α,β-unsaturated/α-hetero) is 1. The molecule has 61 heavy (non-hydrogen) atoms. The van der Waals surface area contributed by atoms with Gasteiger partial charge in [-0.1, -0.05) is 69.2 Å². The number of hydrogen-bond donors (Lipinski definition) is 1. The molecular weight excluding hydrogens is 797 g/mol. The van der Waals surface area contributed by atoms with E-state index in [0.717, 1.165) is 16.9 Å². The number of carbonyl (C=O) groups is 5. The van der Waals surface area contributed by atoms with Crippen molar-refractivity contribution in [1.29, 1.82) is 0 Å². The average Bonchev–Trinajstić information content (AvgIpc) is 3.70. The highest BCUT2D eigenvalue weighted by atomic mass is 32.2. The molecule has 326 valence electrons. The van der Waals surface area contributed by atoms with E-state index in [1.807, 2.05) is 50.3 Å². The van der Waals surface area contributed by atoms with Crippen LogP contribution in [0.3, 0.4) is 0 Å². The Kier molecular flexibility index (Phi) is 14.9. The molecule has 0 radical (unpaired) electrons. The second kappa shape index (κ2) is 19.5. The number of fused-ring (bicyclic) bond motifs is 2. The van der Waals surface area contributed by atoms with E-state index in [0.29, 0.717) is 30.9 Å². The SMILES string of the molecule is CCC(=O)C(CCCC(=O)ON1C(=O)CCC1=O)NC(=O)CCCCCN1\C(=C/C=C/C=C/C=C/C2=[N+](C)c3ccc(C)cc3C2(C)C)C(C)(C)c2cc(S(=O)(=O)[O-])ccc21. The van der Waals surface area contributed by atoms with Crippen LogP contribution in [0.25, 0.3) is 0 Å². The number of ketones is 1. The van der Waals surface area contributed by atoms with Gasteiger partial charge in [-0.15, -0.1) is 5.06 Å². The minimum Gasteiger partial charge on any atom is -0.744 e. The van der Waals surface area contributed by atoms with Crippen molar-refractivity contribution in [2.75, 3.05) is 18.5 Å². The predicted molar refractivity (Wildman–Crippen MR) is 232 cm³/mol. The number of aryl methyl sites for hydroxylation is 1. The van der Waals surface area contributed by atoms with E-state index in [1.54, 1.807) is 13.0 Å². The minimum absolute atomic E-state index is 0.00522. The van der Waals surface area contributed by atoms with E-state index < -0.39 is 39.4 Å². The smallest absolute Gasteiger partial charge is 0.333 e. The largest absolute Gasteiger partial charge is 0.744 e. The number of amides is 3. The summed E-state index contributed by atoms with van der Waals surface area (Å²) in [7, 11) is -2.58. The van der Waals surface area contributed by atoms with Crippen LogP contribution in [-0.2, 0) is 49.8 Å². The highest BCUT2D eigenvalue weighted by Crippen LogP contribution is 2.48. The third-order valence-electron chi connectivity index (χ3n) is 11.7. The summed E-state index contributed by atoms with van der Waals surface area (Å²) in [6, 6.07) is 10.3. The number of imide groups is 1. The number of anilines is 1. The number of nitrogens with zero attached hydrogens (tertiary/aromatic N) is 3. The summed E-state index contributed by atoms with van der Waals surface area (Å²) in [6.45, 7) is 12.8. The van der Waals surface area contributed by atoms with Gasteiger partial charge in [-0.2, -0.15) is 4.58 Å². The molecule has 3 amide bonds. The number of rotatable bonds is 19. The zero-order chi connectivity index (χ0) is 44.7. The topological polar surface area (TPSA) is 173 Å². The molecular formula is C47H58N4O9S. The summed E-state index contributed by atoms with van der Waals surface area (Å²) in [5.41, 5.74) is 6.68. The Morgan fingerprint density at radius 2 is 1.57 bits per heavy atom. The van der Waals surface area contributed by atoms with E-state index >= 15 is 0 Å². The number of nitrogens with one attached hydrogen (secondary N) is 1. The molecule has 0 saturated carbocycles. The normalized spacial score (nSPS) is 18.3. The number of hydroxylamine groups is 2. The van der Waals surface area contributed by atoms with Crippen LogP contribution in [0, 0.1) is 6.92 Å². The van der Waals surface area contributed by atoms with Crippen molar-refractivity contribution in [2.45, 2.75) is 128 Å². The molecule has 1 N–H and O–H groups in total. The Labute approximate surface area is 359 Å². The van der Waals surface area contributed by atoms with E-state index in [4.69, 9.17) is 4.84 Å². The Hall–Kier alpha value is -5.47. The summed E-state index contributed by atoms with van der Waals surface area (Å²) < 4.78 is 38.2. The predicted octanol–water partition coefficient (Wildman–Crippen LogP) is 7.06. The van der Waals surface area contributed by atoms with Crippen molar-refractivity contribution in [3.05, 3.63) is 101 Å². The standard InChI is InChI=1S/C47H58N4O9S/c1-8-39(52)36(18-17-22-45(56)60-51-43(54)27-28-44(51)55)48-42(53)21-15-12-16-29-50-38-26-24-33(61(57,58)59)31-35(38)47(5,6)41(50)20-14-11-9-10-13-19-40-46(3,4)34-30-32(2)23-25-37(34)49(40)7/h9-11,13-14,19-20,23-26,30-31,36H,8,12,15-18,21-22,27-29H2,1-7H3,(H-,48,53,57,58,59). The number of allylic oxidation sites excluding steroid dienone is 8. The zero-order valence-electron chi connectivity index (χ0n) is 36.3. The first-order valence-electron chi connectivity index (χ1n) is 21.0. The Morgan fingerprint density at radius 1 is 0.885 bits per heavy atom. The first-order chi connectivity index (χ1) is 28.8. The lowest BCUT2D eigenvalue weighted by Gasteiger charge is -2.27. The van der Waals surface area contributed by atoms with Crippen LogP contribution < -0.4 is 10.2 Å². The maximum Gasteiger partial charge on any atom is 0.333 e. The third kappa shape index (κ3) is 10.9. The number of hydrogen-bond acceptors (Lipinski definition) is 10. The van der Waals surface area contributed by atoms with Crippen molar-refractivity contribution in [3.8, 4) is 0 Å². The molecule has 1 fully saturated rings. The van der Waals surface area contributed by atoms with E-state index in [-0.39, 0.29) is 66.9 Å². The summed E-state index contributed by atoms with van der Waals surface area (Å²) in [5, 5.41) is 3.29. The fourth-order valence-corrected chi connectivity index (χ4v) is 8.80. The summed E-state index contributed by atoms with van der Waals surface area (Å²) >= 11 is 0. The first kappa shape index (κ1) is 46.6. The molecule has 14 heteroatoms. The molecule has 1 atom stereocenters. The quantitative estimate of drug-likeness (QED) is 0.0507. The Balaban J connectivity index is 1.18. The molecule has 0 spiro atoms. The minimum atomic E-state index is -4.67. The Bertz CT molecular complexity index is 2320. The summed E-state index contributed by atoms with van der Waals surface area (Å²) in [6.07, 6.45) is 16.6. The van der Waals surface area contributed by atoms with Crippen LogP contribution in [0.2, 0.25) is 0 Å². The molecule has 3 aliphatic heterocycles. The highest BCUT2D eigenvalue weighted by molar-refractivity contribution is 7.85. The highest BCUT2D eigenvalue weighted by Gasteiger charge is 2.43. The van der Waals surface area contributed by atoms with Crippen LogP contribution in [0.5, 0.6) is 0 Å². The molecule has 0 aliphatic carbocycles. The number of benzene rings is 2. The van der Waals surface area contributed by atoms with E-state index in [9.17, 15) is 36.9 Å². The third-order valence-corrected chi connectivity index (χ3v) is 12.6. The molecule has 0 bridgehead atoms. The fraction of sp³-hybridized carbons (Fsp3) is 0.447. The van der Waals surface area contributed by atoms with Gasteiger partial charge in [0.25, 0.3) is 11.8 Å². The molecule has 5 rings (SSSR count). The molecule has 1 unspecified atom stereocenters. The van der Waals surface area contributed by atoms with Gasteiger partial charge in [0, 0.05) is 73.2 Å². The van der Waals surface area contributed by atoms with Gasteiger partial charge < -0.3 is 19.6 Å².